The lowest BCUT2D eigenvalue weighted by Gasteiger charge is -2.18. The third-order valence-corrected chi connectivity index (χ3v) is 2.81. The van der Waals surface area contributed by atoms with Crippen molar-refractivity contribution in [2.45, 2.75) is 26.8 Å². The first-order valence-electron chi connectivity index (χ1n) is 4.65. The minimum absolute atomic E-state index is 0.651. The summed E-state index contributed by atoms with van der Waals surface area (Å²) in [5, 5.41) is 0. The quantitative estimate of drug-likeness (QED) is 0.573. The molecule has 0 atom stereocenters. The first kappa shape index (κ1) is 7.99. The molecule has 1 fully saturated rings. The minimum Gasteiger partial charge on any atom is -0.291 e. The van der Waals surface area contributed by atoms with Crippen LogP contribution in [0.25, 0.3) is 0 Å². The van der Waals surface area contributed by atoms with Crippen molar-refractivity contribution in [1.82, 2.24) is 4.90 Å². The van der Waals surface area contributed by atoms with Crippen molar-refractivity contribution in [3.63, 3.8) is 0 Å². The van der Waals surface area contributed by atoms with Crippen molar-refractivity contribution in [2.24, 2.45) is 4.99 Å². The second kappa shape index (κ2) is 2.70. The largest absolute Gasteiger partial charge is 0.291 e. The fraction of sp³-hybridized carbons (Fsp3) is 0.700. The molecule has 12 heavy (non-hydrogen) atoms. The van der Waals surface area contributed by atoms with Crippen LogP contribution < -0.4 is 0 Å². The van der Waals surface area contributed by atoms with Crippen LogP contribution in [0.5, 0.6) is 0 Å². The van der Waals surface area contributed by atoms with E-state index in [1.165, 1.54) is 16.9 Å². The maximum absolute atomic E-state index is 4.51. The lowest BCUT2D eigenvalue weighted by Crippen LogP contribution is -2.28. The minimum atomic E-state index is 0.651. The Hall–Kier alpha value is -0.630. The summed E-state index contributed by atoms with van der Waals surface area (Å²) in [4.78, 5) is 6.98. The number of aliphatic imine (C=N–C) groups is 1. The average Bonchev–Trinajstić information content (AvgIpc) is 2.53. The molecule has 0 spiro atoms. The number of hydrogen-bond donors (Lipinski definition) is 0. The predicted molar refractivity (Wildman–Crippen MR) is 51.7 cm³/mol. The van der Waals surface area contributed by atoms with Crippen LogP contribution in [0.3, 0.4) is 0 Å². The first-order valence-corrected chi connectivity index (χ1v) is 4.65. The molecule has 2 nitrogen and oxygen atoms in total. The topological polar surface area (TPSA) is 15.6 Å². The fourth-order valence-electron chi connectivity index (χ4n) is 1.84. The van der Waals surface area contributed by atoms with Gasteiger partial charge in [-0.15, -0.1) is 0 Å². The Labute approximate surface area is 74.0 Å². The van der Waals surface area contributed by atoms with Gasteiger partial charge in [-0.05, 0) is 31.9 Å². The molecule has 0 aliphatic carbocycles. The summed E-state index contributed by atoms with van der Waals surface area (Å²) in [6, 6.07) is 0.651. The molecule has 2 heteroatoms. The molecular formula is C10H16N2. The molecule has 0 aromatic heterocycles. The first-order chi connectivity index (χ1) is 5.68. The van der Waals surface area contributed by atoms with Gasteiger partial charge in [-0.3, -0.25) is 9.89 Å². The highest BCUT2D eigenvalue weighted by molar-refractivity contribution is 6.06. The van der Waals surface area contributed by atoms with Crippen LogP contribution in [0.4, 0.5) is 0 Å². The Balaban J connectivity index is 2.18. The van der Waals surface area contributed by atoms with E-state index in [9.17, 15) is 0 Å². The molecule has 0 saturated carbocycles. The SMILES string of the molecule is CC1=C2CN(C(C)C)CC2=NC1. The third kappa shape index (κ3) is 1.11. The van der Waals surface area contributed by atoms with Gasteiger partial charge in [0.15, 0.2) is 0 Å². The summed E-state index contributed by atoms with van der Waals surface area (Å²) in [6.45, 7) is 9.86. The summed E-state index contributed by atoms with van der Waals surface area (Å²) in [5.74, 6) is 0. The maximum Gasteiger partial charge on any atom is 0.0607 e. The molecule has 0 radical (unpaired) electrons. The Morgan fingerprint density at radius 1 is 1.33 bits per heavy atom. The zero-order chi connectivity index (χ0) is 8.72. The second-order valence-electron chi connectivity index (χ2n) is 4.02. The zero-order valence-electron chi connectivity index (χ0n) is 8.09. The molecule has 2 aliphatic rings. The van der Waals surface area contributed by atoms with Crippen molar-refractivity contribution >= 4 is 5.71 Å². The molecule has 0 amide bonds. The monoisotopic (exact) mass is 164 g/mol. The number of rotatable bonds is 1. The van der Waals surface area contributed by atoms with Gasteiger partial charge in [-0.1, -0.05) is 0 Å². The van der Waals surface area contributed by atoms with Gasteiger partial charge in [-0.2, -0.15) is 0 Å². The smallest absolute Gasteiger partial charge is 0.0607 e. The fourth-order valence-corrected chi connectivity index (χ4v) is 1.84. The molecular weight excluding hydrogens is 148 g/mol. The highest BCUT2D eigenvalue weighted by Gasteiger charge is 2.28. The van der Waals surface area contributed by atoms with Gasteiger partial charge in [0.05, 0.1) is 12.3 Å². The highest BCUT2D eigenvalue weighted by atomic mass is 15.2. The maximum atomic E-state index is 4.51. The summed E-state index contributed by atoms with van der Waals surface area (Å²) >= 11 is 0. The van der Waals surface area contributed by atoms with Crippen LogP contribution in [0.2, 0.25) is 0 Å². The van der Waals surface area contributed by atoms with Gasteiger partial charge in [-0.25, -0.2) is 0 Å². The van der Waals surface area contributed by atoms with Crippen LogP contribution in [0, 0.1) is 0 Å². The van der Waals surface area contributed by atoms with E-state index < -0.39 is 0 Å². The standard InChI is InChI=1S/C10H16N2/c1-7(2)12-5-9-8(3)4-11-10(9)6-12/h7H,4-6H2,1-3H3. The van der Waals surface area contributed by atoms with Crippen LogP contribution in [0.15, 0.2) is 16.1 Å². The van der Waals surface area contributed by atoms with E-state index in [2.05, 4.69) is 30.7 Å². The van der Waals surface area contributed by atoms with E-state index in [1.54, 1.807) is 0 Å². The van der Waals surface area contributed by atoms with E-state index in [1.807, 2.05) is 0 Å². The Kier molecular flexibility index (Phi) is 1.80. The highest BCUT2D eigenvalue weighted by Crippen LogP contribution is 2.23. The molecule has 0 aromatic rings. The molecule has 2 aliphatic heterocycles. The summed E-state index contributed by atoms with van der Waals surface area (Å²) in [5.41, 5.74) is 4.35. The number of fused-ring (bicyclic) bond motifs is 1. The molecule has 2 rings (SSSR count). The van der Waals surface area contributed by atoms with E-state index in [0.29, 0.717) is 6.04 Å². The molecule has 0 bridgehead atoms. The third-order valence-electron chi connectivity index (χ3n) is 2.81. The van der Waals surface area contributed by atoms with Crippen molar-refractivity contribution in [3.05, 3.63) is 11.1 Å². The molecule has 66 valence electrons. The Morgan fingerprint density at radius 3 is 2.67 bits per heavy atom. The Morgan fingerprint density at radius 2 is 2.08 bits per heavy atom. The molecule has 0 aromatic carbocycles. The van der Waals surface area contributed by atoms with Crippen molar-refractivity contribution in [2.75, 3.05) is 19.6 Å². The van der Waals surface area contributed by atoms with E-state index in [4.69, 9.17) is 0 Å². The number of nitrogens with zero attached hydrogens (tertiary/aromatic N) is 2. The van der Waals surface area contributed by atoms with Crippen molar-refractivity contribution in [1.29, 1.82) is 0 Å². The van der Waals surface area contributed by atoms with Gasteiger partial charge in [0.25, 0.3) is 0 Å². The van der Waals surface area contributed by atoms with Crippen LogP contribution in [-0.4, -0.2) is 36.3 Å². The van der Waals surface area contributed by atoms with Crippen molar-refractivity contribution in [3.8, 4) is 0 Å². The molecule has 1 saturated heterocycles. The van der Waals surface area contributed by atoms with Crippen LogP contribution in [-0.2, 0) is 0 Å². The zero-order valence-corrected chi connectivity index (χ0v) is 8.09. The number of likely N-dealkylation sites (tertiary alicyclic amines) is 1. The van der Waals surface area contributed by atoms with E-state index >= 15 is 0 Å². The predicted octanol–water partition coefficient (Wildman–Crippen LogP) is 1.48. The van der Waals surface area contributed by atoms with E-state index in [0.717, 1.165) is 19.6 Å². The summed E-state index contributed by atoms with van der Waals surface area (Å²) in [6.07, 6.45) is 0. The second-order valence-corrected chi connectivity index (χ2v) is 4.02. The normalized spacial score (nSPS) is 23.8. The van der Waals surface area contributed by atoms with Crippen LogP contribution in [0.1, 0.15) is 20.8 Å². The number of hydrogen-bond acceptors (Lipinski definition) is 2. The van der Waals surface area contributed by atoms with Gasteiger partial charge < -0.3 is 0 Å². The summed E-state index contributed by atoms with van der Waals surface area (Å²) in [7, 11) is 0. The Bertz CT molecular complexity index is 261. The summed E-state index contributed by atoms with van der Waals surface area (Å²) < 4.78 is 0. The van der Waals surface area contributed by atoms with E-state index in [-0.39, 0.29) is 0 Å². The molecule has 0 unspecified atom stereocenters. The van der Waals surface area contributed by atoms with Crippen LogP contribution >= 0.6 is 0 Å². The lowest BCUT2D eigenvalue weighted by molar-refractivity contribution is 0.293. The van der Waals surface area contributed by atoms with Gasteiger partial charge in [0, 0.05) is 19.1 Å². The van der Waals surface area contributed by atoms with Gasteiger partial charge in [0.2, 0.25) is 0 Å². The van der Waals surface area contributed by atoms with Crippen molar-refractivity contribution < 1.29 is 0 Å². The molecule has 0 N–H and O–H groups in total. The van der Waals surface area contributed by atoms with Gasteiger partial charge in [0.1, 0.15) is 0 Å². The van der Waals surface area contributed by atoms with Gasteiger partial charge >= 0.3 is 0 Å². The average molecular weight is 164 g/mol. The molecule has 2 heterocycles. The lowest BCUT2D eigenvalue weighted by atomic mass is 10.1.